The van der Waals surface area contributed by atoms with E-state index in [0.29, 0.717) is 18.0 Å². The average molecular weight is 433 g/mol. The predicted molar refractivity (Wildman–Crippen MR) is 100 cm³/mol. The first-order valence-electron chi connectivity index (χ1n) is 8.03. The molecule has 0 saturated heterocycles. The zero-order valence-corrected chi connectivity index (χ0v) is 16.2. The largest absolute Gasteiger partial charge is 0.456 e. The maximum absolute atomic E-state index is 12.6. The number of hydrogen-bond acceptors (Lipinski definition) is 5. The summed E-state index contributed by atoms with van der Waals surface area (Å²) in [5.74, 6) is -1.09. The number of aryl methyl sites for hydroxylation is 1. The summed E-state index contributed by atoms with van der Waals surface area (Å²) in [6, 6.07) is 8.47. The van der Waals surface area contributed by atoms with Gasteiger partial charge in [0, 0.05) is 16.8 Å². The zero-order valence-electron chi connectivity index (χ0n) is 14.7. The third kappa shape index (κ3) is 7.05. The highest BCUT2D eigenvalue weighted by atomic mass is 35.5. The molecule has 0 radical (unpaired) electrons. The van der Waals surface area contributed by atoms with Crippen LogP contribution in [0.4, 0.5) is 19.0 Å². The van der Waals surface area contributed by atoms with Gasteiger partial charge < -0.3 is 10.1 Å². The number of thioether (sulfide) groups is 1. The third-order valence-corrected chi connectivity index (χ3v) is 4.69. The maximum Gasteiger partial charge on any atom is 0.417 e. The van der Waals surface area contributed by atoms with Gasteiger partial charge in [0.05, 0.1) is 17.0 Å². The van der Waals surface area contributed by atoms with Gasteiger partial charge >= 0.3 is 12.1 Å². The van der Waals surface area contributed by atoms with Crippen LogP contribution in [-0.4, -0.2) is 29.2 Å². The molecule has 0 aliphatic heterocycles. The van der Waals surface area contributed by atoms with Crippen molar-refractivity contribution < 1.29 is 27.5 Å². The molecule has 1 aromatic heterocycles. The molecule has 0 bridgehead atoms. The minimum atomic E-state index is -4.59. The molecule has 10 heteroatoms. The van der Waals surface area contributed by atoms with Gasteiger partial charge in [-0.3, -0.25) is 9.59 Å². The lowest BCUT2D eigenvalue weighted by atomic mass is 10.2. The summed E-state index contributed by atoms with van der Waals surface area (Å²) in [5, 5.41) is 1.83. The molecule has 2 rings (SSSR count). The second-order valence-corrected chi connectivity index (χ2v) is 7.25. The van der Waals surface area contributed by atoms with Gasteiger partial charge in [0.2, 0.25) is 0 Å². The number of amides is 1. The van der Waals surface area contributed by atoms with Crippen molar-refractivity contribution in [3.8, 4) is 0 Å². The van der Waals surface area contributed by atoms with E-state index in [1.807, 2.05) is 31.2 Å². The number of esters is 1. The minimum absolute atomic E-state index is 0.102. The molecule has 1 amide bonds. The van der Waals surface area contributed by atoms with Crippen LogP contribution >= 0.6 is 23.4 Å². The molecule has 150 valence electrons. The highest BCUT2D eigenvalue weighted by molar-refractivity contribution is 7.99. The van der Waals surface area contributed by atoms with E-state index >= 15 is 0 Å². The summed E-state index contributed by atoms with van der Waals surface area (Å²) in [6.45, 7) is 1.39. The van der Waals surface area contributed by atoms with E-state index in [1.165, 1.54) is 11.8 Å². The number of aromatic nitrogens is 1. The highest BCUT2D eigenvalue weighted by Crippen LogP contribution is 2.32. The maximum atomic E-state index is 12.6. The number of ether oxygens (including phenoxy) is 1. The van der Waals surface area contributed by atoms with E-state index in [-0.39, 0.29) is 17.3 Å². The molecule has 28 heavy (non-hydrogen) atoms. The molecule has 1 N–H and O–H groups in total. The Morgan fingerprint density at radius 3 is 2.54 bits per heavy atom. The molecule has 0 fully saturated rings. The van der Waals surface area contributed by atoms with E-state index < -0.39 is 30.2 Å². The number of carbonyl (C=O) groups excluding carboxylic acids is 2. The molecular formula is C18H16ClF3N2O3S. The molecule has 0 atom stereocenters. The molecule has 5 nitrogen and oxygen atoms in total. The van der Waals surface area contributed by atoms with Crippen LogP contribution in [0.5, 0.6) is 0 Å². The molecule has 0 aliphatic rings. The normalized spacial score (nSPS) is 11.2. The topological polar surface area (TPSA) is 68.3 Å². The number of hydrogen-bond donors (Lipinski definition) is 1. The van der Waals surface area contributed by atoms with E-state index in [1.54, 1.807) is 0 Å². The summed E-state index contributed by atoms with van der Waals surface area (Å²) in [6.07, 6.45) is -3.94. The first-order chi connectivity index (χ1) is 13.1. The van der Waals surface area contributed by atoms with E-state index in [0.717, 1.165) is 10.5 Å². The summed E-state index contributed by atoms with van der Waals surface area (Å²) >= 11 is 7.17. The van der Waals surface area contributed by atoms with Crippen LogP contribution in [0.15, 0.2) is 41.4 Å². The van der Waals surface area contributed by atoms with Crippen LogP contribution < -0.4 is 5.32 Å². The van der Waals surface area contributed by atoms with Crippen molar-refractivity contribution in [2.24, 2.45) is 0 Å². The van der Waals surface area contributed by atoms with Crippen LogP contribution in [0.25, 0.3) is 0 Å². The first-order valence-corrected chi connectivity index (χ1v) is 9.39. The number of benzene rings is 1. The Labute approximate surface area is 168 Å². The molecule has 0 spiro atoms. The SMILES string of the molecule is Cc1ccc(SCCC(=O)OCC(=O)Nc2ncc(C(F)(F)F)cc2Cl)cc1. The van der Waals surface area contributed by atoms with Crippen molar-refractivity contribution in [1.82, 2.24) is 4.98 Å². The number of nitrogens with zero attached hydrogens (tertiary/aromatic N) is 1. The number of nitrogens with one attached hydrogen (secondary N) is 1. The molecule has 1 aromatic carbocycles. The van der Waals surface area contributed by atoms with Crippen LogP contribution in [-0.2, 0) is 20.5 Å². The highest BCUT2D eigenvalue weighted by Gasteiger charge is 2.31. The smallest absolute Gasteiger partial charge is 0.417 e. The number of rotatable bonds is 7. The van der Waals surface area contributed by atoms with Crippen molar-refractivity contribution >= 4 is 41.1 Å². The van der Waals surface area contributed by atoms with Crippen LogP contribution in [0.1, 0.15) is 17.5 Å². The van der Waals surface area contributed by atoms with E-state index in [9.17, 15) is 22.8 Å². The second kappa shape index (κ2) is 9.79. The molecule has 1 heterocycles. The molecule has 0 aliphatic carbocycles. The lowest BCUT2D eigenvalue weighted by Crippen LogP contribution is -2.22. The minimum Gasteiger partial charge on any atom is -0.456 e. The Balaban J connectivity index is 1.74. The van der Waals surface area contributed by atoms with Crippen LogP contribution in [0.3, 0.4) is 0 Å². The van der Waals surface area contributed by atoms with Gasteiger partial charge in [-0.15, -0.1) is 11.8 Å². The number of pyridine rings is 1. The summed E-state index contributed by atoms with van der Waals surface area (Å²) < 4.78 is 42.5. The Morgan fingerprint density at radius 2 is 1.93 bits per heavy atom. The Morgan fingerprint density at radius 1 is 1.25 bits per heavy atom. The number of anilines is 1. The monoisotopic (exact) mass is 432 g/mol. The quantitative estimate of drug-likeness (QED) is 0.506. The van der Waals surface area contributed by atoms with Crippen molar-refractivity contribution in [1.29, 1.82) is 0 Å². The van der Waals surface area contributed by atoms with Gasteiger partial charge in [0.1, 0.15) is 0 Å². The van der Waals surface area contributed by atoms with Gasteiger partial charge in [-0.05, 0) is 25.1 Å². The van der Waals surface area contributed by atoms with E-state index in [4.69, 9.17) is 16.3 Å². The fourth-order valence-corrected chi connectivity index (χ4v) is 3.00. The first kappa shape index (κ1) is 22.0. The van der Waals surface area contributed by atoms with Gasteiger partial charge in [-0.1, -0.05) is 29.3 Å². The van der Waals surface area contributed by atoms with Crippen molar-refractivity contribution in [3.05, 3.63) is 52.7 Å². The van der Waals surface area contributed by atoms with E-state index in [2.05, 4.69) is 10.3 Å². The average Bonchev–Trinajstić information content (AvgIpc) is 2.62. The fourth-order valence-electron chi connectivity index (χ4n) is 1.96. The Kier molecular flexibility index (Phi) is 7.70. The number of alkyl halides is 3. The lowest BCUT2D eigenvalue weighted by Gasteiger charge is -2.10. The molecular weight excluding hydrogens is 417 g/mol. The Hall–Kier alpha value is -2.26. The zero-order chi connectivity index (χ0) is 20.7. The van der Waals surface area contributed by atoms with Crippen molar-refractivity contribution in [2.45, 2.75) is 24.4 Å². The molecule has 0 unspecified atom stereocenters. The lowest BCUT2D eigenvalue weighted by molar-refractivity contribution is -0.146. The van der Waals surface area contributed by atoms with Gasteiger partial charge in [-0.2, -0.15) is 13.2 Å². The second-order valence-electron chi connectivity index (χ2n) is 5.67. The van der Waals surface area contributed by atoms with Gasteiger partial charge in [0.15, 0.2) is 12.4 Å². The third-order valence-electron chi connectivity index (χ3n) is 3.39. The number of halogens is 4. The number of carbonyl (C=O) groups is 2. The van der Waals surface area contributed by atoms with Crippen molar-refractivity contribution in [2.75, 3.05) is 17.7 Å². The molecule has 0 saturated carbocycles. The van der Waals surface area contributed by atoms with Gasteiger partial charge in [0.25, 0.3) is 5.91 Å². The van der Waals surface area contributed by atoms with Crippen molar-refractivity contribution in [3.63, 3.8) is 0 Å². The van der Waals surface area contributed by atoms with Crippen LogP contribution in [0.2, 0.25) is 5.02 Å². The predicted octanol–water partition coefficient (Wildman–Crippen LogP) is 4.73. The summed E-state index contributed by atoms with van der Waals surface area (Å²) in [5.41, 5.74) is 0.102. The van der Waals surface area contributed by atoms with Crippen LogP contribution in [0, 0.1) is 6.92 Å². The fraction of sp³-hybridized carbons (Fsp3) is 0.278. The Bertz CT molecular complexity index is 845. The summed E-state index contributed by atoms with van der Waals surface area (Å²) in [4.78, 5) is 27.9. The standard InChI is InChI=1S/C18H16ClF3N2O3S/c1-11-2-4-13(5-3-11)28-7-6-16(26)27-10-15(25)24-17-14(19)8-12(9-23-17)18(20,21)22/h2-5,8-9H,6-7,10H2,1H3,(H,23,24,25). The van der Waals surface area contributed by atoms with Gasteiger partial charge in [-0.25, -0.2) is 4.98 Å². The molecule has 2 aromatic rings. The summed E-state index contributed by atoms with van der Waals surface area (Å²) in [7, 11) is 0.